The average Bonchev–Trinajstić information content (AvgIpc) is 3.18. The minimum atomic E-state index is -0.441. The Morgan fingerprint density at radius 3 is 2.78 bits per heavy atom. The molecule has 0 bridgehead atoms. The predicted molar refractivity (Wildman–Crippen MR) is 79.8 cm³/mol. The molecule has 1 aromatic carbocycles. The number of halogens is 1. The summed E-state index contributed by atoms with van der Waals surface area (Å²) in [6, 6.07) is 9.41. The quantitative estimate of drug-likeness (QED) is 0.744. The van der Waals surface area contributed by atoms with Crippen molar-refractivity contribution in [3.63, 3.8) is 0 Å². The maximum absolute atomic E-state index is 12.9. The average molecular weight is 315 g/mol. The van der Waals surface area contributed by atoms with E-state index in [4.69, 9.17) is 10.2 Å². The zero-order chi connectivity index (χ0) is 16.2. The van der Waals surface area contributed by atoms with Crippen LogP contribution in [0.25, 0.3) is 0 Å². The Hall–Kier alpha value is -3.16. The highest BCUT2D eigenvalue weighted by Gasteiger charge is 2.17. The molecule has 0 aliphatic rings. The standard InChI is InChI=1S/C15H14FN5O2/c16-11-5-3-10(4-6-11)9-21-14(17)13(19-20-21)15(22)18-8-12-2-1-7-23-12/h1-7H,8-9,17H2,(H,18,22). The summed E-state index contributed by atoms with van der Waals surface area (Å²) in [6.45, 7) is 0.528. The molecule has 3 aromatic rings. The van der Waals surface area contributed by atoms with Crippen LogP contribution in [0.5, 0.6) is 0 Å². The van der Waals surface area contributed by atoms with E-state index in [0.717, 1.165) is 5.56 Å². The molecule has 8 heteroatoms. The Morgan fingerprint density at radius 1 is 1.30 bits per heavy atom. The zero-order valence-electron chi connectivity index (χ0n) is 12.1. The maximum Gasteiger partial charge on any atom is 0.276 e. The molecule has 118 valence electrons. The molecule has 0 saturated carbocycles. The van der Waals surface area contributed by atoms with Gasteiger partial charge in [-0.15, -0.1) is 5.10 Å². The highest BCUT2D eigenvalue weighted by Crippen LogP contribution is 2.12. The van der Waals surface area contributed by atoms with Gasteiger partial charge in [0.25, 0.3) is 5.91 Å². The second kappa shape index (κ2) is 6.30. The molecule has 0 saturated heterocycles. The predicted octanol–water partition coefficient (Wildman–Crippen LogP) is 1.57. The summed E-state index contributed by atoms with van der Waals surface area (Å²) in [7, 11) is 0. The molecule has 2 aromatic heterocycles. The topological polar surface area (TPSA) is 99.0 Å². The van der Waals surface area contributed by atoms with Gasteiger partial charge in [0.1, 0.15) is 11.6 Å². The Labute approximate surface area is 130 Å². The van der Waals surface area contributed by atoms with Gasteiger partial charge in [0.2, 0.25) is 0 Å². The lowest BCUT2D eigenvalue weighted by molar-refractivity contribution is 0.0944. The van der Waals surface area contributed by atoms with Crippen molar-refractivity contribution in [3.8, 4) is 0 Å². The summed E-state index contributed by atoms with van der Waals surface area (Å²) < 4.78 is 19.4. The first-order valence-corrected chi connectivity index (χ1v) is 6.87. The SMILES string of the molecule is Nc1c(C(=O)NCc2ccco2)nnn1Cc1ccc(F)cc1. The van der Waals surface area contributed by atoms with Crippen LogP contribution in [0, 0.1) is 5.82 Å². The fourth-order valence-electron chi connectivity index (χ4n) is 2.03. The number of aromatic nitrogens is 3. The minimum Gasteiger partial charge on any atom is -0.467 e. The van der Waals surface area contributed by atoms with E-state index in [2.05, 4.69) is 15.6 Å². The van der Waals surface area contributed by atoms with Gasteiger partial charge in [-0.2, -0.15) is 0 Å². The van der Waals surface area contributed by atoms with Crippen LogP contribution in [0.1, 0.15) is 21.8 Å². The number of hydrogen-bond donors (Lipinski definition) is 2. The van der Waals surface area contributed by atoms with Gasteiger partial charge >= 0.3 is 0 Å². The number of nitrogens with one attached hydrogen (secondary N) is 1. The number of benzene rings is 1. The van der Waals surface area contributed by atoms with Crippen molar-refractivity contribution in [1.82, 2.24) is 20.3 Å². The van der Waals surface area contributed by atoms with Crippen LogP contribution < -0.4 is 11.1 Å². The van der Waals surface area contributed by atoms with E-state index in [1.54, 1.807) is 24.3 Å². The number of nitrogens with two attached hydrogens (primary N) is 1. The molecule has 0 aliphatic carbocycles. The third-order valence-electron chi connectivity index (χ3n) is 3.24. The fraction of sp³-hybridized carbons (Fsp3) is 0.133. The van der Waals surface area contributed by atoms with Crippen LogP contribution in [0.2, 0.25) is 0 Å². The first-order chi connectivity index (χ1) is 11.1. The lowest BCUT2D eigenvalue weighted by Crippen LogP contribution is -2.24. The first-order valence-electron chi connectivity index (χ1n) is 6.87. The van der Waals surface area contributed by atoms with Gasteiger partial charge in [0.15, 0.2) is 11.5 Å². The normalized spacial score (nSPS) is 10.7. The van der Waals surface area contributed by atoms with Gasteiger partial charge in [-0.3, -0.25) is 4.79 Å². The third-order valence-corrected chi connectivity index (χ3v) is 3.24. The highest BCUT2D eigenvalue weighted by molar-refractivity contribution is 5.96. The largest absolute Gasteiger partial charge is 0.467 e. The molecule has 3 rings (SSSR count). The molecule has 0 radical (unpaired) electrons. The van der Waals surface area contributed by atoms with Gasteiger partial charge in [-0.25, -0.2) is 9.07 Å². The number of anilines is 1. The summed E-state index contributed by atoms with van der Waals surface area (Å²) >= 11 is 0. The van der Waals surface area contributed by atoms with Gasteiger partial charge in [0.05, 0.1) is 19.4 Å². The van der Waals surface area contributed by atoms with Crippen LogP contribution in [0.15, 0.2) is 47.1 Å². The van der Waals surface area contributed by atoms with Gasteiger partial charge in [-0.1, -0.05) is 17.3 Å². The van der Waals surface area contributed by atoms with Crippen LogP contribution in [-0.4, -0.2) is 20.9 Å². The molecule has 0 aliphatic heterocycles. The van der Waals surface area contributed by atoms with Gasteiger partial charge < -0.3 is 15.5 Å². The first kappa shape index (κ1) is 14.8. The van der Waals surface area contributed by atoms with Gasteiger partial charge in [0, 0.05) is 0 Å². The number of nitrogens with zero attached hydrogens (tertiary/aromatic N) is 3. The summed E-state index contributed by atoms with van der Waals surface area (Å²) in [4.78, 5) is 12.1. The second-order valence-electron chi connectivity index (χ2n) is 4.87. The molecule has 2 heterocycles. The molecule has 0 fully saturated rings. The number of amides is 1. The molecule has 1 amide bonds. The minimum absolute atomic E-state index is 0.0404. The fourth-order valence-corrected chi connectivity index (χ4v) is 2.03. The van der Waals surface area contributed by atoms with Crippen LogP contribution >= 0.6 is 0 Å². The number of nitrogen functional groups attached to an aromatic ring is 1. The lowest BCUT2D eigenvalue weighted by atomic mass is 10.2. The molecule has 7 nitrogen and oxygen atoms in total. The number of furan rings is 1. The Bertz CT molecular complexity index is 796. The zero-order valence-corrected chi connectivity index (χ0v) is 12.1. The highest BCUT2D eigenvalue weighted by atomic mass is 19.1. The molecule has 0 atom stereocenters. The Morgan fingerprint density at radius 2 is 2.09 bits per heavy atom. The lowest BCUT2D eigenvalue weighted by Gasteiger charge is -2.04. The summed E-state index contributed by atoms with van der Waals surface area (Å²) in [5.74, 6) is 0.00413. The van der Waals surface area contributed by atoms with E-state index in [9.17, 15) is 9.18 Å². The summed E-state index contributed by atoms with van der Waals surface area (Å²) in [6.07, 6.45) is 1.52. The Kier molecular flexibility index (Phi) is 4.05. The third kappa shape index (κ3) is 3.37. The van der Waals surface area contributed by atoms with Crippen LogP contribution in [-0.2, 0) is 13.1 Å². The second-order valence-corrected chi connectivity index (χ2v) is 4.87. The molecule has 0 unspecified atom stereocenters. The van der Waals surface area contributed by atoms with Crippen molar-refractivity contribution in [1.29, 1.82) is 0 Å². The van der Waals surface area contributed by atoms with E-state index in [0.29, 0.717) is 12.3 Å². The van der Waals surface area contributed by atoms with Crippen molar-refractivity contribution in [2.75, 3.05) is 5.73 Å². The summed E-state index contributed by atoms with van der Waals surface area (Å²) in [5, 5.41) is 10.3. The Balaban J connectivity index is 1.68. The van der Waals surface area contributed by atoms with Crippen molar-refractivity contribution >= 4 is 11.7 Å². The van der Waals surface area contributed by atoms with E-state index in [1.165, 1.54) is 23.1 Å². The van der Waals surface area contributed by atoms with E-state index in [1.807, 2.05) is 0 Å². The van der Waals surface area contributed by atoms with Crippen molar-refractivity contribution in [2.45, 2.75) is 13.1 Å². The van der Waals surface area contributed by atoms with E-state index >= 15 is 0 Å². The van der Waals surface area contributed by atoms with E-state index in [-0.39, 0.29) is 23.9 Å². The van der Waals surface area contributed by atoms with Crippen molar-refractivity contribution < 1.29 is 13.6 Å². The maximum atomic E-state index is 12.9. The molecule has 23 heavy (non-hydrogen) atoms. The monoisotopic (exact) mass is 315 g/mol. The summed E-state index contributed by atoms with van der Waals surface area (Å²) in [5.41, 5.74) is 6.75. The van der Waals surface area contributed by atoms with Crippen molar-refractivity contribution in [3.05, 3.63) is 65.5 Å². The number of carbonyl (C=O) groups is 1. The molecular weight excluding hydrogens is 301 g/mol. The number of carbonyl (C=O) groups excluding carboxylic acids is 1. The van der Waals surface area contributed by atoms with Crippen molar-refractivity contribution in [2.24, 2.45) is 0 Å². The number of rotatable bonds is 5. The molecule has 3 N–H and O–H groups in total. The molecular formula is C15H14FN5O2. The van der Waals surface area contributed by atoms with E-state index < -0.39 is 5.91 Å². The van der Waals surface area contributed by atoms with Crippen LogP contribution in [0.3, 0.4) is 0 Å². The number of hydrogen-bond acceptors (Lipinski definition) is 5. The smallest absolute Gasteiger partial charge is 0.276 e. The molecule has 0 spiro atoms. The van der Waals surface area contributed by atoms with Crippen LogP contribution in [0.4, 0.5) is 10.2 Å². The van der Waals surface area contributed by atoms with Gasteiger partial charge in [-0.05, 0) is 29.8 Å².